The van der Waals surface area contributed by atoms with Gasteiger partial charge in [0, 0.05) is 39.2 Å². The number of alkyl halides is 3. The van der Waals surface area contributed by atoms with E-state index in [4.69, 9.17) is 0 Å². The van der Waals surface area contributed by atoms with Crippen LogP contribution in [0.15, 0.2) is 35.2 Å². The van der Waals surface area contributed by atoms with Gasteiger partial charge in [0.1, 0.15) is 11.5 Å². The number of nitrogens with zero attached hydrogens (tertiary/aromatic N) is 3. The molecule has 33 heavy (non-hydrogen) atoms. The van der Waals surface area contributed by atoms with E-state index in [2.05, 4.69) is 4.72 Å². The zero-order valence-corrected chi connectivity index (χ0v) is 18.9. The zero-order valence-electron chi connectivity index (χ0n) is 18.1. The summed E-state index contributed by atoms with van der Waals surface area (Å²) in [6, 6.07) is 6.07. The van der Waals surface area contributed by atoms with E-state index in [9.17, 15) is 30.8 Å². The monoisotopic (exact) mass is 490 g/mol. The van der Waals surface area contributed by atoms with Crippen LogP contribution in [0.5, 0.6) is 0 Å². The Labute approximate surface area is 190 Å². The Morgan fingerprint density at radius 3 is 2.24 bits per heavy atom. The minimum Gasteiger partial charge on any atom is -0.338 e. The predicted octanol–water partition coefficient (Wildman–Crippen LogP) is 2.88. The molecule has 1 fully saturated rings. The number of aromatic nitrogens is 1. The van der Waals surface area contributed by atoms with Crippen LogP contribution in [0.2, 0.25) is 0 Å². The molecule has 0 saturated carbocycles. The Hall–Kier alpha value is -2.44. The van der Waals surface area contributed by atoms with Gasteiger partial charge in [0.05, 0.1) is 16.1 Å². The number of likely N-dealkylation sites (tertiary alicyclic amines) is 1. The minimum absolute atomic E-state index is 0. The molecular formula is C21H26F4N4O3S. The number of carbonyl (C=O) groups excluding carboxylic acids is 1. The lowest BCUT2D eigenvalue weighted by molar-refractivity contribution is -0.144. The Morgan fingerprint density at radius 2 is 1.70 bits per heavy atom. The van der Waals surface area contributed by atoms with E-state index in [-0.39, 0.29) is 50.4 Å². The molecular weight excluding hydrogens is 464 g/mol. The molecule has 0 atom stereocenters. The van der Waals surface area contributed by atoms with Gasteiger partial charge in [-0.1, -0.05) is 0 Å². The van der Waals surface area contributed by atoms with E-state index in [0.29, 0.717) is 18.2 Å². The van der Waals surface area contributed by atoms with E-state index in [1.807, 2.05) is 4.90 Å². The topological polar surface area (TPSA) is 74.6 Å². The second kappa shape index (κ2) is 8.10. The number of halogens is 4. The van der Waals surface area contributed by atoms with Gasteiger partial charge in [0.25, 0.3) is 5.91 Å². The van der Waals surface area contributed by atoms with Crippen LogP contribution in [-0.2, 0) is 28.3 Å². The highest BCUT2D eigenvalue weighted by Gasteiger charge is 2.49. The fourth-order valence-electron chi connectivity index (χ4n) is 4.88. The molecule has 182 valence electrons. The van der Waals surface area contributed by atoms with Gasteiger partial charge in [-0.05, 0) is 51.2 Å². The lowest BCUT2D eigenvalue weighted by atomic mass is 9.81. The maximum absolute atomic E-state index is 14.8. The Morgan fingerprint density at radius 1 is 1.09 bits per heavy atom. The van der Waals surface area contributed by atoms with E-state index in [1.54, 1.807) is 11.9 Å². The lowest BCUT2D eigenvalue weighted by Crippen LogP contribution is -2.57. The molecule has 4 rings (SSSR count). The van der Waals surface area contributed by atoms with Gasteiger partial charge in [-0.15, -0.1) is 0 Å². The summed E-state index contributed by atoms with van der Waals surface area (Å²) in [4.78, 5) is 16.4. The minimum atomic E-state index is -4.65. The normalized spacial score (nSPS) is 19.0. The van der Waals surface area contributed by atoms with E-state index < -0.39 is 33.2 Å². The molecule has 0 bridgehead atoms. The van der Waals surface area contributed by atoms with Crippen LogP contribution < -0.4 is 4.72 Å². The van der Waals surface area contributed by atoms with Crippen LogP contribution in [0.25, 0.3) is 0 Å². The van der Waals surface area contributed by atoms with Crippen molar-refractivity contribution in [1.82, 2.24) is 19.1 Å². The van der Waals surface area contributed by atoms with Crippen molar-refractivity contribution in [3.63, 3.8) is 0 Å². The van der Waals surface area contributed by atoms with E-state index in [0.717, 1.165) is 4.57 Å². The van der Waals surface area contributed by atoms with Crippen LogP contribution in [0.1, 0.15) is 36.0 Å². The first-order chi connectivity index (χ1) is 15.4. The highest BCUT2D eigenvalue weighted by Crippen LogP contribution is 2.45. The predicted molar refractivity (Wildman–Crippen MR) is 114 cm³/mol. The first-order valence-electron chi connectivity index (χ1n) is 10.4. The number of amides is 1. The van der Waals surface area contributed by atoms with Crippen molar-refractivity contribution in [3.05, 3.63) is 53.1 Å². The number of hydrogen-bond acceptors (Lipinski definition) is 4. The van der Waals surface area contributed by atoms with Crippen molar-refractivity contribution < 1.29 is 32.2 Å². The molecule has 2 aliphatic rings. The van der Waals surface area contributed by atoms with Gasteiger partial charge in [0.15, 0.2) is 0 Å². The maximum Gasteiger partial charge on any atom is 0.431 e. The highest BCUT2D eigenvalue weighted by molar-refractivity contribution is 7.89. The average Bonchev–Trinajstić information content (AvgIpc) is 3.14. The van der Waals surface area contributed by atoms with Crippen LogP contribution in [0.3, 0.4) is 0 Å². The second-order valence-corrected chi connectivity index (χ2v) is 10.2. The molecule has 0 aliphatic carbocycles. The zero-order chi connectivity index (χ0) is 24.2. The number of benzene rings is 1. The fourth-order valence-corrected chi connectivity index (χ4v) is 5.61. The van der Waals surface area contributed by atoms with Gasteiger partial charge >= 0.3 is 6.18 Å². The standard InChI is InChI=1S/C21H24F4N4O3S.H2/c1-26-33(31,32)15-5-3-14(4-6-15)19(30)28-9-7-20(8-10-28)18-16(22)13-17(21(23,24)25)29(18)12-11-27(20)2;/h3-6,13,26H,7-12H2,1-2H3;1H. The van der Waals surface area contributed by atoms with Gasteiger partial charge in [0.2, 0.25) is 10.0 Å². The number of rotatable bonds is 3. The van der Waals surface area contributed by atoms with E-state index in [1.165, 1.54) is 31.3 Å². The summed E-state index contributed by atoms with van der Waals surface area (Å²) in [5, 5.41) is 0. The molecule has 1 aromatic heterocycles. The van der Waals surface area contributed by atoms with Crippen LogP contribution >= 0.6 is 0 Å². The molecule has 1 spiro atoms. The number of fused-ring (bicyclic) bond motifs is 2. The summed E-state index contributed by atoms with van der Waals surface area (Å²) in [5.74, 6) is -1.20. The molecule has 7 nitrogen and oxygen atoms in total. The van der Waals surface area contributed by atoms with Gasteiger partial charge in [-0.25, -0.2) is 17.5 Å². The Bertz CT molecular complexity index is 1170. The molecule has 12 heteroatoms. The molecule has 1 N–H and O–H groups in total. The van der Waals surface area contributed by atoms with Gasteiger partial charge < -0.3 is 9.47 Å². The third-order valence-electron chi connectivity index (χ3n) is 6.73. The molecule has 1 aromatic carbocycles. The Balaban J connectivity index is 0.00000324. The molecule has 1 saturated heterocycles. The maximum atomic E-state index is 14.8. The number of hydrogen-bond donors (Lipinski definition) is 1. The summed E-state index contributed by atoms with van der Waals surface area (Å²) >= 11 is 0. The Kier molecular flexibility index (Phi) is 5.82. The van der Waals surface area contributed by atoms with Gasteiger partial charge in [-0.3, -0.25) is 9.69 Å². The van der Waals surface area contributed by atoms with Crippen LogP contribution in [0, 0.1) is 5.82 Å². The first-order valence-corrected chi connectivity index (χ1v) is 11.9. The lowest BCUT2D eigenvalue weighted by Gasteiger charge is -2.50. The molecule has 2 aliphatic heterocycles. The SMILES string of the molecule is CNS(=O)(=O)c1ccc(C(=O)N2CCC3(CC2)c2c(F)cc(C(F)(F)F)n2CCN3C)cc1.[HH]. The molecule has 3 heterocycles. The third kappa shape index (κ3) is 3.93. The summed E-state index contributed by atoms with van der Waals surface area (Å²) in [6.45, 7) is 0.827. The number of piperidine rings is 1. The number of sulfonamides is 1. The molecule has 1 amide bonds. The summed E-state index contributed by atoms with van der Waals surface area (Å²) in [7, 11) is -0.575. The highest BCUT2D eigenvalue weighted by atomic mass is 32.2. The summed E-state index contributed by atoms with van der Waals surface area (Å²) in [6.07, 6.45) is -4.10. The van der Waals surface area contributed by atoms with Crippen molar-refractivity contribution >= 4 is 15.9 Å². The van der Waals surface area contributed by atoms with Crippen LogP contribution in [-0.4, -0.2) is 62.4 Å². The smallest absolute Gasteiger partial charge is 0.338 e. The van der Waals surface area contributed by atoms with Gasteiger partial charge in [-0.2, -0.15) is 13.2 Å². The molecule has 2 aromatic rings. The number of likely N-dealkylation sites (N-methyl/N-ethyl adjacent to an activating group) is 1. The number of nitrogens with one attached hydrogen (secondary N) is 1. The van der Waals surface area contributed by atoms with Crippen molar-refractivity contribution in [1.29, 1.82) is 0 Å². The van der Waals surface area contributed by atoms with Crippen molar-refractivity contribution in [2.45, 2.75) is 36.0 Å². The fraction of sp³-hybridized carbons (Fsp3) is 0.476. The second-order valence-electron chi connectivity index (χ2n) is 8.35. The van der Waals surface area contributed by atoms with Crippen molar-refractivity contribution in [3.8, 4) is 0 Å². The molecule has 0 unspecified atom stereocenters. The summed E-state index contributed by atoms with van der Waals surface area (Å²) in [5.41, 5.74) is -1.60. The quantitative estimate of drug-likeness (QED) is 0.672. The largest absolute Gasteiger partial charge is 0.431 e. The molecule has 0 radical (unpaired) electrons. The first kappa shape index (κ1) is 23.7. The third-order valence-corrected chi connectivity index (χ3v) is 8.16. The van der Waals surface area contributed by atoms with Crippen molar-refractivity contribution in [2.24, 2.45) is 0 Å². The average molecular weight is 491 g/mol. The van der Waals surface area contributed by atoms with Crippen molar-refractivity contribution in [2.75, 3.05) is 33.7 Å². The van der Waals surface area contributed by atoms with Crippen LogP contribution in [0.4, 0.5) is 17.6 Å². The summed E-state index contributed by atoms with van der Waals surface area (Å²) < 4.78 is 82.1. The number of carbonyl (C=O) groups is 1. The van der Waals surface area contributed by atoms with E-state index >= 15 is 0 Å².